The van der Waals surface area contributed by atoms with Crippen molar-refractivity contribution in [1.29, 1.82) is 0 Å². The van der Waals surface area contributed by atoms with Crippen LogP contribution >= 0.6 is 0 Å². The number of fused-ring (bicyclic) bond motifs is 1. The average molecular weight is 333 g/mol. The molecule has 0 saturated carbocycles. The van der Waals surface area contributed by atoms with E-state index in [1.807, 2.05) is 0 Å². The Morgan fingerprint density at radius 1 is 0.840 bits per heavy atom. The highest BCUT2D eigenvalue weighted by Crippen LogP contribution is 2.29. The number of carbonyl (C=O) groups is 3. The highest BCUT2D eigenvalue weighted by atomic mass is 16.5. The van der Waals surface area contributed by atoms with Gasteiger partial charge < -0.3 is 9.15 Å². The number of esters is 1. The maximum absolute atomic E-state index is 12.4. The lowest BCUT2D eigenvalue weighted by molar-refractivity contribution is 0.0700. The van der Waals surface area contributed by atoms with E-state index in [0.29, 0.717) is 16.8 Å². The van der Waals surface area contributed by atoms with Gasteiger partial charge in [0.1, 0.15) is 5.75 Å². The van der Waals surface area contributed by atoms with Crippen LogP contribution in [0.5, 0.6) is 5.75 Å². The summed E-state index contributed by atoms with van der Waals surface area (Å²) in [7, 11) is 0. The van der Waals surface area contributed by atoms with Crippen LogP contribution in [0.15, 0.2) is 71.3 Å². The zero-order chi connectivity index (χ0) is 17.4. The van der Waals surface area contributed by atoms with Crippen LogP contribution in [0.25, 0.3) is 0 Å². The molecule has 2 amide bonds. The van der Waals surface area contributed by atoms with Crippen LogP contribution < -0.4 is 9.64 Å². The van der Waals surface area contributed by atoms with Gasteiger partial charge in [-0.25, -0.2) is 9.69 Å². The van der Waals surface area contributed by atoms with Crippen LogP contribution in [-0.4, -0.2) is 17.8 Å². The van der Waals surface area contributed by atoms with E-state index in [1.165, 1.54) is 24.5 Å². The minimum absolute atomic E-state index is 0.0874. The number of hydrogen-bond acceptors (Lipinski definition) is 5. The van der Waals surface area contributed by atoms with Crippen molar-refractivity contribution < 1.29 is 23.5 Å². The molecule has 0 fully saturated rings. The summed E-state index contributed by atoms with van der Waals surface area (Å²) >= 11 is 0. The van der Waals surface area contributed by atoms with Crippen molar-refractivity contribution in [2.75, 3.05) is 4.90 Å². The fourth-order valence-corrected chi connectivity index (χ4v) is 2.64. The molecule has 122 valence electrons. The minimum Gasteiger partial charge on any atom is -0.457 e. The van der Waals surface area contributed by atoms with Crippen LogP contribution in [0.3, 0.4) is 0 Å². The number of anilines is 1. The molecule has 4 rings (SSSR count). The van der Waals surface area contributed by atoms with Gasteiger partial charge in [-0.05, 0) is 48.5 Å². The lowest BCUT2D eigenvalue weighted by Gasteiger charge is -2.14. The predicted octanol–water partition coefficient (Wildman–Crippen LogP) is 3.30. The van der Waals surface area contributed by atoms with Gasteiger partial charge >= 0.3 is 5.97 Å². The van der Waals surface area contributed by atoms with E-state index in [2.05, 4.69) is 0 Å². The summed E-state index contributed by atoms with van der Waals surface area (Å²) in [6.07, 6.45) is 1.38. The number of furan rings is 1. The molecule has 25 heavy (non-hydrogen) atoms. The fourth-order valence-electron chi connectivity index (χ4n) is 2.64. The zero-order valence-electron chi connectivity index (χ0n) is 12.8. The van der Waals surface area contributed by atoms with E-state index in [9.17, 15) is 14.4 Å². The third kappa shape index (κ3) is 2.49. The molecule has 2 aromatic carbocycles. The Bertz CT molecular complexity index is 938. The number of imide groups is 1. The monoisotopic (exact) mass is 333 g/mol. The van der Waals surface area contributed by atoms with Crippen molar-refractivity contribution >= 4 is 23.5 Å². The second-order valence-electron chi connectivity index (χ2n) is 5.35. The second kappa shape index (κ2) is 5.76. The predicted molar refractivity (Wildman–Crippen MR) is 87.7 cm³/mol. The number of hydrogen-bond donors (Lipinski definition) is 0. The van der Waals surface area contributed by atoms with Crippen LogP contribution in [0, 0.1) is 0 Å². The van der Waals surface area contributed by atoms with Crippen molar-refractivity contribution in [2.24, 2.45) is 0 Å². The average Bonchev–Trinajstić information content (AvgIpc) is 3.25. The number of nitrogens with zero attached hydrogens (tertiary/aromatic N) is 1. The van der Waals surface area contributed by atoms with E-state index in [-0.39, 0.29) is 23.3 Å². The topological polar surface area (TPSA) is 76.8 Å². The van der Waals surface area contributed by atoms with E-state index in [1.54, 1.807) is 42.5 Å². The number of benzene rings is 2. The first-order valence-electron chi connectivity index (χ1n) is 7.49. The van der Waals surface area contributed by atoms with Crippen LogP contribution in [0.2, 0.25) is 0 Å². The molecular weight excluding hydrogens is 322 g/mol. The molecule has 0 atom stereocenters. The first-order valence-corrected chi connectivity index (χ1v) is 7.49. The van der Waals surface area contributed by atoms with Crippen molar-refractivity contribution in [1.82, 2.24) is 0 Å². The van der Waals surface area contributed by atoms with Crippen molar-refractivity contribution in [3.8, 4) is 5.75 Å². The second-order valence-corrected chi connectivity index (χ2v) is 5.35. The molecule has 1 aromatic heterocycles. The Labute approximate surface area is 142 Å². The Morgan fingerprint density at radius 2 is 1.48 bits per heavy atom. The van der Waals surface area contributed by atoms with Gasteiger partial charge in [0.15, 0.2) is 0 Å². The molecular formula is C19H11NO5. The molecule has 1 aliphatic heterocycles. The van der Waals surface area contributed by atoms with E-state index in [0.717, 1.165) is 4.90 Å². The third-order valence-electron chi connectivity index (χ3n) is 3.82. The van der Waals surface area contributed by atoms with Gasteiger partial charge in [-0.2, -0.15) is 0 Å². The van der Waals surface area contributed by atoms with E-state index in [4.69, 9.17) is 9.15 Å². The van der Waals surface area contributed by atoms with Gasteiger partial charge in [-0.15, -0.1) is 0 Å². The largest absolute Gasteiger partial charge is 0.457 e. The molecule has 0 bridgehead atoms. The Balaban J connectivity index is 1.56. The van der Waals surface area contributed by atoms with Gasteiger partial charge in [0.25, 0.3) is 11.8 Å². The van der Waals surface area contributed by atoms with Gasteiger partial charge in [0.05, 0.1) is 23.1 Å². The lowest BCUT2D eigenvalue weighted by Crippen LogP contribution is -2.29. The molecule has 2 heterocycles. The van der Waals surface area contributed by atoms with Gasteiger partial charge in [0.2, 0.25) is 5.76 Å². The zero-order valence-corrected chi connectivity index (χ0v) is 12.8. The maximum atomic E-state index is 12.4. The summed E-state index contributed by atoms with van der Waals surface area (Å²) in [5.41, 5.74) is 1.16. The summed E-state index contributed by atoms with van der Waals surface area (Å²) in [4.78, 5) is 37.8. The highest BCUT2D eigenvalue weighted by molar-refractivity contribution is 6.34. The number of rotatable bonds is 3. The quantitative estimate of drug-likeness (QED) is 0.417. The van der Waals surface area contributed by atoms with E-state index < -0.39 is 5.97 Å². The minimum atomic E-state index is -0.626. The van der Waals surface area contributed by atoms with Gasteiger partial charge in [-0.1, -0.05) is 12.1 Å². The van der Waals surface area contributed by atoms with Crippen LogP contribution in [-0.2, 0) is 0 Å². The maximum Gasteiger partial charge on any atom is 0.379 e. The highest BCUT2D eigenvalue weighted by Gasteiger charge is 2.36. The van der Waals surface area contributed by atoms with Gasteiger partial charge in [0, 0.05) is 0 Å². The normalized spacial score (nSPS) is 13.0. The number of ether oxygens (including phenoxy) is 1. The molecule has 0 aliphatic carbocycles. The Kier molecular flexibility index (Phi) is 3.43. The molecule has 0 N–H and O–H groups in total. The first kappa shape index (κ1) is 14.9. The van der Waals surface area contributed by atoms with Crippen molar-refractivity contribution in [2.45, 2.75) is 0 Å². The standard InChI is InChI=1S/C19H11NO5/c21-17-14-4-1-2-5-15(14)18(22)20(17)12-7-9-13(10-8-12)25-19(23)16-6-3-11-24-16/h1-11H. The molecule has 3 aromatic rings. The molecule has 0 radical (unpaired) electrons. The summed E-state index contributed by atoms with van der Waals surface area (Å²) in [6, 6.07) is 15.9. The summed E-state index contributed by atoms with van der Waals surface area (Å²) in [5.74, 6) is -1.01. The molecule has 6 nitrogen and oxygen atoms in total. The first-order chi connectivity index (χ1) is 12.1. The summed E-state index contributed by atoms with van der Waals surface area (Å²) < 4.78 is 10.1. The lowest BCUT2D eigenvalue weighted by atomic mass is 10.1. The molecule has 0 unspecified atom stereocenters. The van der Waals surface area contributed by atoms with Gasteiger partial charge in [-0.3, -0.25) is 9.59 Å². The molecule has 6 heteroatoms. The SMILES string of the molecule is O=C(Oc1ccc(N2C(=O)c3ccccc3C2=O)cc1)c1ccco1. The molecule has 0 spiro atoms. The van der Waals surface area contributed by atoms with E-state index >= 15 is 0 Å². The van der Waals surface area contributed by atoms with Crippen LogP contribution in [0.1, 0.15) is 31.3 Å². The fraction of sp³-hybridized carbons (Fsp3) is 0. The number of amides is 2. The van der Waals surface area contributed by atoms with Crippen molar-refractivity contribution in [3.63, 3.8) is 0 Å². The smallest absolute Gasteiger partial charge is 0.379 e. The Hall–Kier alpha value is -3.67. The molecule has 0 saturated heterocycles. The van der Waals surface area contributed by atoms with Crippen molar-refractivity contribution in [3.05, 3.63) is 83.8 Å². The summed E-state index contributed by atoms with van der Waals surface area (Å²) in [6.45, 7) is 0. The van der Waals surface area contributed by atoms with Crippen LogP contribution in [0.4, 0.5) is 5.69 Å². The number of carbonyl (C=O) groups excluding carboxylic acids is 3. The Morgan fingerprint density at radius 3 is 2.04 bits per heavy atom. The third-order valence-corrected chi connectivity index (χ3v) is 3.82. The molecule has 1 aliphatic rings. The summed E-state index contributed by atoms with van der Waals surface area (Å²) in [5, 5.41) is 0.